The summed E-state index contributed by atoms with van der Waals surface area (Å²) in [5, 5.41) is 7.31. The van der Waals surface area contributed by atoms with Gasteiger partial charge in [-0.2, -0.15) is 4.98 Å². The molecule has 1 heterocycles. The van der Waals surface area contributed by atoms with E-state index in [4.69, 9.17) is 4.52 Å². The van der Waals surface area contributed by atoms with E-state index in [0.29, 0.717) is 24.3 Å². The molecule has 96 valence electrons. The van der Waals surface area contributed by atoms with Gasteiger partial charge in [-0.25, -0.2) is 0 Å². The molecule has 0 bridgehead atoms. The molecule has 4 heteroatoms. The van der Waals surface area contributed by atoms with Crippen LogP contribution in [0.2, 0.25) is 0 Å². The second-order valence-corrected chi connectivity index (χ2v) is 5.12. The van der Waals surface area contributed by atoms with E-state index in [1.807, 2.05) is 6.92 Å². The second-order valence-electron chi connectivity index (χ2n) is 5.12. The molecule has 4 nitrogen and oxygen atoms in total. The first-order chi connectivity index (χ1) is 8.28. The molecule has 1 N–H and O–H groups in total. The van der Waals surface area contributed by atoms with E-state index in [9.17, 15) is 0 Å². The Morgan fingerprint density at radius 1 is 1.29 bits per heavy atom. The Morgan fingerprint density at radius 3 is 2.65 bits per heavy atom. The first kappa shape index (κ1) is 12.6. The lowest BCUT2D eigenvalue weighted by atomic mass is 9.83. The summed E-state index contributed by atoms with van der Waals surface area (Å²) >= 11 is 0. The fourth-order valence-electron chi connectivity index (χ4n) is 2.71. The number of nitrogens with one attached hydrogen (secondary N) is 1. The van der Waals surface area contributed by atoms with Gasteiger partial charge in [0.2, 0.25) is 5.89 Å². The van der Waals surface area contributed by atoms with Gasteiger partial charge in [0, 0.05) is 6.04 Å². The van der Waals surface area contributed by atoms with Crippen LogP contribution in [0.15, 0.2) is 4.52 Å². The van der Waals surface area contributed by atoms with Gasteiger partial charge in [0.05, 0.1) is 6.54 Å². The number of aryl methyl sites for hydroxylation is 1. The van der Waals surface area contributed by atoms with Crippen molar-refractivity contribution in [3.05, 3.63) is 11.7 Å². The lowest BCUT2D eigenvalue weighted by Gasteiger charge is -2.28. The summed E-state index contributed by atoms with van der Waals surface area (Å²) in [6.45, 7) is 4.84. The number of hydrogen-bond acceptors (Lipinski definition) is 4. The van der Waals surface area contributed by atoms with Crippen LogP contribution in [0.4, 0.5) is 0 Å². The molecule has 1 aromatic rings. The highest BCUT2D eigenvalue weighted by atomic mass is 16.5. The Labute approximate surface area is 103 Å². The summed E-state index contributed by atoms with van der Waals surface area (Å²) in [6, 6.07) is 0.635. The van der Waals surface area contributed by atoms with Crippen molar-refractivity contribution in [2.75, 3.05) is 0 Å². The van der Waals surface area contributed by atoms with Crippen molar-refractivity contribution in [3.8, 4) is 0 Å². The predicted octanol–water partition coefficient (Wildman–Crippen LogP) is 2.83. The molecule has 0 amide bonds. The molecule has 1 aliphatic carbocycles. The fourth-order valence-corrected chi connectivity index (χ4v) is 2.71. The zero-order valence-electron chi connectivity index (χ0n) is 10.9. The van der Waals surface area contributed by atoms with Crippen molar-refractivity contribution in [2.45, 2.75) is 65.0 Å². The van der Waals surface area contributed by atoms with Crippen LogP contribution in [0.1, 0.15) is 57.2 Å². The molecule has 2 rings (SSSR count). The second kappa shape index (κ2) is 6.15. The van der Waals surface area contributed by atoms with Gasteiger partial charge in [-0.1, -0.05) is 24.9 Å². The van der Waals surface area contributed by atoms with E-state index in [1.54, 1.807) is 0 Å². The van der Waals surface area contributed by atoms with Crippen LogP contribution < -0.4 is 5.32 Å². The van der Waals surface area contributed by atoms with Gasteiger partial charge in [0.15, 0.2) is 5.82 Å². The molecule has 0 spiro atoms. The van der Waals surface area contributed by atoms with Crippen molar-refractivity contribution in [1.29, 1.82) is 0 Å². The van der Waals surface area contributed by atoms with Crippen molar-refractivity contribution in [1.82, 2.24) is 15.5 Å². The first-order valence-electron chi connectivity index (χ1n) is 6.80. The van der Waals surface area contributed by atoms with Gasteiger partial charge in [-0.3, -0.25) is 0 Å². The molecule has 0 unspecified atom stereocenters. The molecule has 1 aromatic heterocycles. The SMILES string of the molecule is CCCC1CCC(NCc2nc(C)no2)CC1. The average molecular weight is 237 g/mol. The van der Waals surface area contributed by atoms with Gasteiger partial charge in [0.25, 0.3) is 0 Å². The molecular weight excluding hydrogens is 214 g/mol. The van der Waals surface area contributed by atoms with E-state index in [1.165, 1.54) is 38.5 Å². The lowest BCUT2D eigenvalue weighted by molar-refractivity contribution is 0.267. The molecule has 1 saturated carbocycles. The van der Waals surface area contributed by atoms with Crippen LogP contribution in [0.5, 0.6) is 0 Å². The van der Waals surface area contributed by atoms with Crippen molar-refractivity contribution in [3.63, 3.8) is 0 Å². The van der Waals surface area contributed by atoms with Gasteiger partial charge in [0.1, 0.15) is 0 Å². The number of nitrogens with zero attached hydrogens (tertiary/aromatic N) is 2. The van der Waals surface area contributed by atoms with Gasteiger partial charge in [-0.15, -0.1) is 0 Å². The minimum Gasteiger partial charge on any atom is -0.338 e. The molecule has 1 aliphatic rings. The van der Waals surface area contributed by atoms with Gasteiger partial charge >= 0.3 is 0 Å². The van der Waals surface area contributed by atoms with Gasteiger partial charge in [-0.05, 0) is 38.5 Å². The third-order valence-corrected chi connectivity index (χ3v) is 3.66. The lowest BCUT2D eigenvalue weighted by Crippen LogP contribution is -2.32. The summed E-state index contributed by atoms with van der Waals surface area (Å²) in [4.78, 5) is 4.20. The minimum atomic E-state index is 0.635. The monoisotopic (exact) mass is 237 g/mol. The maximum absolute atomic E-state index is 5.09. The fraction of sp³-hybridized carbons (Fsp3) is 0.846. The summed E-state index contributed by atoms with van der Waals surface area (Å²) < 4.78 is 5.09. The Balaban J connectivity index is 1.68. The number of hydrogen-bond donors (Lipinski definition) is 1. The quantitative estimate of drug-likeness (QED) is 0.855. The molecule has 1 fully saturated rings. The number of aromatic nitrogens is 2. The summed E-state index contributed by atoms with van der Waals surface area (Å²) in [5.41, 5.74) is 0. The highest BCUT2D eigenvalue weighted by Gasteiger charge is 2.20. The highest BCUT2D eigenvalue weighted by molar-refractivity contribution is 4.84. The third kappa shape index (κ3) is 3.80. The van der Waals surface area contributed by atoms with Gasteiger partial charge < -0.3 is 9.84 Å². The summed E-state index contributed by atoms with van der Waals surface area (Å²) in [6.07, 6.45) is 8.04. The number of rotatable bonds is 5. The molecule has 0 radical (unpaired) electrons. The maximum atomic E-state index is 5.09. The van der Waals surface area contributed by atoms with E-state index in [-0.39, 0.29) is 0 Å². The summed E-state index contributed by atoms with van der Waals surface area (Å²) in [7, 11) is 0. The van der Waals surface area contributed by atoms with E-state index < -0.39 is 0 Å². The Kier molecular flexibility index (Phi) is 4.54. The Morgan fingerprint density at radius 2 is 2.06 bits per heavy atom. The first-order valence-corrected chi connectivity index (χ1v) is 6.80. The van der Waals surface area contributed by atoms with Crippen molar-refractivity contribution < 1.29 is 4.52 Å². The molecule has 0 saturated heterocycles. The van der Waals surface area contributed by atoms with Crippen LogP contribution in [-0.2, 0) is 6.54 Å². The topological polar surface area (TPSA) is 51.0 Å². The van der Waals surface area contributed by atoms with E-state index >= 15 is 0 Å². The molecule has 0 aromatic carbocycles. The maximum Gasteiger partial charge on any atom is 0.240 e. The van der Waals surface area contributed by atoms with Crippen LogP contribution >= 0.6 is 0 Å². The summed E-state index contributed by atoms with van der Waals surface area (Å²) in [5.74, 6) is 2.38. The third-order valence-electron chi connectivity index (χ3n) is 3.66. The highest BCUT2D eigenvalue weighted by Crippen LogP contribution is 2.27. The molecule has 0 atom stereocenters. The molecule has 17 heavy (non-hydrogen) atoms. The smallest absolute Gasteiger partial charge is 0.240 e. The minimum absolute atomic E-state index is 0.635. The standard InChI is InChI=1S/C13H23N3O/c1-3-4-11-5-7-12(8-6-11)14-9-13-15-10(2)16-17-13/h11-12,14H,3-9H2,1-2H3. The van der Waals surface area contributed by atoms with Crippen molar-refractivity contribution in [2.24, 2.45) is 5.92 Å². The van der Waals surface area contributed by atoms with Crippen molar-refractivity contribution >= 4 is 0 Å². The molecule has 0 aliphatic heterocycles. The van der Waals surface area contributed by atoms with E-state index in [0.717, 1.165) is 5.92 Å². The van der Waals surface area contributed by atoms with Crippen LogP contribution in [0, 0.1) is 12.8 Å². The zero-order chi connectivity index (χ0) is 12.1. The van der Waals surface area contributed by atoms with Crippen LogP contribution in [0.25, 0.3) is 0 Å². The molecular formula is C13H23N3O. The van der Waals surface area contributed by atoms with E-state index in [2.05, 4.69) is 22.4 Å². The average Bonchev–Trinajstić information content (AvgIpc) is 2.75. The van der Waals surface area contributed by atoms with Crippen LogP contribution in [0.3, 0.4) is 0 Å². The van der Waals surface area contributed by atoms with Crippen LogP contribution in [-0.4, -0.2) is 16.2 Å². The normalized spacial score (nSPS) is 25.1. The largest absolute Gasteiger partial charge is 0.338 e. The Hall–Kier alpha value is -0.900. The zero-order valence-corrected chi connectivity index (χ0v) is 10.9. The Bertz CT molecular complexity index is 329. The predicted molar refractivity (Wildman–Crippen MR) is 66.5 cm³/mol.